The molecule has 0 rings (SSSR count). The molecule has 2 atom stereocenters. The Morgan fingerprint density at radius 1 is 1.43 bits per heavy atom. The van der Waals surface area contributed by atoms with Crippen LogP contribution < -0.4 is 5.32 Å². The van der Waals surface area contributed by atoms with E-state index in [-0.39, 0.29) is 6.10 Å². The van der Waals surface area contributed by atoms with Crippen molar-refractivity contribution >= 4 is 0 Å². The Labute approximate surface area is 88.4 Å². The van der Waals surface area contributed by atoms with Crippen molar-refractivity contribution in [2.75, 3.05) is 19.7 Å². The molecule has 0 aromatic rings. The Balaban J connectivity index is 3.34. The molecule has 0 aromatic heterocycles. The number of rotatable bonds is 8. The quantitative estimate of drug-likeness (QED) is 0.475. The van der Waals surface area contributed by atoms with Gasteiger partial charge in [0.2, 0.25) is 0 Å². The van der Waals surface area contributed by atoms with Crippen molar-refractivity contribution < 1.29 is 4.74 Å². The summed E-state index contributed by atoms with van der Waals surface area (Å²) in [5.74, 6) is 3.20. The zero-order valence-corrected chi connectivity index (χ0v) is 9.68. The third-order valence-electron chi connectivity index (χ3n) is 2.11. The van der Waals surface area contributed by atoms with E-state index < -0.39 is 0 Å². The second-order valence-corrected chi connectivity index (χ2v) is 3.87. The van der Waals surface area contributed by atoms with Gasteiger partial charge in [0.1, 0.15) is 0 Å². The predicted octanol–water partition coefficient (Wildman–Crippen LogP) is 2.05. The SMILES string of the molecule is C#CCNCC(C)OCC(C)CCC. The monoisotopic (exact) mass is 197 g/mol. The summed E-state index contributed by atoms with van der Waals surface area (Å²) in [4.78, 5) is 0. The maximum Gasteiger partial charge on any atom is 0.0671 e. The largest absolute Gasteiger partial charge is 0.377 e. The highest BCUT2D eigenvalue weighted by Crippen LogP contribution is 2.06. The highest BCUT2D eigenvalue weighted by molar-refractivity contribution is 4.86. The highest BCUT2D eigenvalue weighted by Gasteiger charge is 2.05. The van der Waals surface area contributed by atoms with E-state index in [9.17, 15) is 0 Å². The molecule has 0 aliphatic rings. The summed E-state index contributed by atoms with van der Waals surface area (Å²) in [5.41, 5.74) is 0. The first-order chi connectivity index (χ1) is 6.70. The van der Waals surface area contributed by atoms with Crippen LogP contribution in [0.2, 0.25) is 0 Å². The molecule has 0 heterocycles. The van der Waals surface area contributed by atoms with Gasteiger partial charge in [0.25, 0.3) is 0 Å². The van der Waals surface area contributed by atoms with E-state index in [1.54, 1.807) is 0 Å². The fourth-order valence-electron chi connectivity index (χ4n) is 1.31. The van der Waals surface area contributed by atoms with Gasteiger partial charge >= 0.3 is 0 Å². The van der Waals surface area contributed by atoms with Gasteiger partial charge in [-0.3, -0.25) is 0 Å². The van der Waals surface area contributed by atoms with Crippen LogP contribution in [0.15, 0.2) is 0 Å². The average molecular weight is 197 g/mol. The lowest BCUT2D eigenvalue weighted by molar-refractivity contribution is 0.0428. The van der Waals surface area contributed by atoms with E-state index >= 15 is 0 Å². The molecule has 0 aromatic carbocycles. The molecule has 0 radical (unpaired) electrons. The van der Waals surface area contributed by atoms with E-state index in [1.807, 2.05) is 0 Å². The molecule has 0 bridgehead atoms. The highest BCUT2D eigenvalue weighted by atomic mass is 16.5. The normalized spacial score (nSPS) is 14.7. The smallest absolute Gasteiger partial charge is 0.0671 e. The van der Waals surface area contributed by atoms with Crippen LogP contribution in [0.3, 0.4) is 0 Å². The van der Waals surface area contributed by atoms with Gasteiger partial charge in [-0.05, 0) is 19.3 Å². The van der Waals surface area contributed by atoms with Gasteiger partial charge in [0, 0.05) is 13.2 Å². The van der Waals surface area contributed by atoms with E-state index in [0.29, 0.717) is 12.5 Å². The Morgan fingerprint density at radius 3 is 2.71 bits per heavy atom. The minimum absolute atomic E-state index is 0.252. The molecule has 0 amide bonds. The summed E-state index contributed by atoms with van der Waals surface area (Å²) < 4.78 is 5.67. The van der Waals surface area contributed by atoms with Crippen molar-refractivity contribution in [3.05, 3.63) is 0 Å². The summed E-state index contributed by atoms with van der Waals surface area (Å²) >= 11 is 0. The third kappa shape index (κ3) is 8.10. The summed E-state index contributed by atoms with van der Waals surface area (Å²) in [6, 6.07) is 0. The molecule has 0 fully saturated rings. The molecule has 2 heteroatoms. The second-order valence-electron chi connectivity index (χ2n) is 3.87. The van der Waals surface area contributed by atoms with Gasteiger partial charge in [-0.1, -0.05) is 26.2 Å². The molecule has 14 heavy (non-hydrogen) atoms. The van der Waals surface area contributed by atoms with Crippen LogP contribution in [-0.4, -0.2) is 25.8 Å². The molecule has 0 saturated carbocycles. The lowest BCUT2D eigenvalue weighted by Gasteiger charge is -2.16. The summed E-state index contributed by atoms with van der Waals surface area (Å²) in [6.07, 6.45) is 7.85. The van der Waals surface area contributed by atoms with Crippen molar-refractivity contribution in [2.45, 2.75) is 39.7 Å². The number of ether oxygens (including phenoxy) is 1. The van der Waals surface area contributed by atoms with Gasteiger partial charge in [0.15, 0.2) is 0 Å². The fourth-order valence-corrected chi connectivity index (χ4v) is 1.31. The van der Waals surface area contributed by atoms with E-state index in [0.717, 1.165) is 13.2 Å². The fraction of sp³-hybridized carbons (Fsp3) is 0.833. The molecule has 0 aliphatic heterocycles. The topological polar surface area (TPSA) is 21.3 Å². The van der Waals surface area contributed by atoms with Crippen molar-refractivity contribution in [1.29, 1.82) is 0 Å². The maximum absolute atomic E-state index is 5.67. The van der Waals surface area contributed by atoms with Crippen LogP contribution in [0, 0.1) is 18.3 Å². The molecule has 82 valence electrons. The molecule has 0 saturated heterocycles. The van der Waals surface area contributed by atoms with Crippen LogP contribution in [0.4, 0.5) is 0 Å². The van der Waals surface area contributed by atoms with Gasteiger partial charge in [0.05, 0.1) is 12.6 Å². The number of nitrogens with one attached hydrogen (secondary N) is 1. The van der Waals surface area contributed by atoms with Gasteiger partial charge < -0.3 is 10.1 Å². The van der Waals surface area contributed by atoms with E-state index in [2.05, 4.69) is 32.0 Å². The Hall–Kier alpha value is -0.520. The summed E-state index contributed by atoms with van der Waals surface area (Å²) in [7, 11) is 0. The van der Waals surface area contributed by atoms with Crippen LogP contribution in [0.5, 0.6) is 0 Å². The molecule has 2 nitrogen and oxygen atoms in total. The van der Waals surface area contributed by atoms with Crippen molar-refractivity contribution in [3.63, 3.8) is 0 Å². The second kappa shape index (κ2) is 9.05. The molecule has 0 spiro atoms. The molecule has 2 unspecified atom stereocenters. The van der Waals surface area contributed by atoms with Crippen molar-refractivity contribution in [1.82, 2.24) is 5.32 Å². The molecular formula is C12H23NO. The minimum atomic E-state index is 0.252. The molecule has 1 N–H and O–H groups in total. The first-order valence-electron chi connectivity index (χ1n) is 5.46. The standard InChI is InChI=1S/C12H23NO/c1-5-7-11(3)10-14-12(4)9-13-8-6-2/h2,11-13H,5,7-10H2,1,3-4H3. The third-order valence-corrected chi connectivity index (χ3v) is 2.11. The van der Waals surface area contributed by atoms with Crippen molar-refractivity contribution in [2.24, 2.45) is 5.92 Å². The predicted molar refractivity (Wildman–Crippen MR) is 61.2 cm³/mol. The van der Waals surface area contributed by atoms with Crippen molar-refractivity contribution in [3.8, 4) is 12.3 Å². The molecular weight excluding hydrogens is 174 g/mol. The average Bonchev–Trinajstić information content (AvgIpc) is 2.16. The zero-order valence-electron chi connectivity index (χ0n) is 9.68. The van der Waals surface area contributed by atoms with Gasteiger partial charge in [-0.25, -0.2) is 0 Å². The van der Waals surface area contributed by atoms with Gasteiger partial charge in [-0.15, -0.1) is 6.42 Å². The number of hydrogen-bond donors (Lipinski definition) is 1. The lowest BCUT2D eigenvalue weighted by Crippen LogP contribution is -2.28. The number of hydrogen-bond acceptors (Lipinski definition) is 2. The summed E-state index contributed by atoms with van der Waals surface area (Å²) in [6.45, 7) is 8.82. The van der Waals surface area contributed by atoms with Crippen LogP contribution in [0.25, 0.3) is 0 Å². The Morgan fingerprint density at radius 2 is 2.14 bits per heavy atom. The minimum Gasteiger partial charge on any atom is -0.377 e. The van der Waals surface area contributed by atoms with Gasteiger partial charge in [-0.2, -0.15) is 0 Å². The van der Waals surface area contributed by atoms with E-state index in [1.165, 1.54) is 12.8 Å². The summed E-state index contributed by atoms with van der Waals surface area (Å²) in [5, 5.41) is 3.13. The lowest BCUT2D eigenvalue weighted by atomic mass is 10.1. The van der Waals surface area contributed by atoms with Crippen LogP contribution in [-0.2, 0) is 4.74 Å². The first kappa shape index (κ1) is 13.5. The number of terminal acetylenes is 1. The Bertz CT molecular complexity index is 162. The van der Waals surface area contributed by atoms with Crippen LogP contribution >= 0.6 is 0 Å². The first-order valence-corrected chi connectivity index (χ1v) is 5.46. The maximum atomic E-state index is 5.67. The molecule has 0 aliphatic carbocycles. The van der Waals surface area contributed by atoms with Crippen LogP contribution in [0.1, 0.15) is 33.6 Å². The Kier molecular flexibility index (Phi) is 8.72. The van der Waals surface area contributed by atoms with E-state index in [4.69, 9.17) is 11.2 Å². The zero-order chi connectivity index (χ0) is 10.8.